The smallest absolute Gasteiger partial charge is 0.132 e. The summed E-state index contributed by atoms with van der Waals surface area (Å²) in [6.07, 6.45) is 5.36. The highest BCUT2D eigenvalue weighted by atomic mass is 16.1. The van der Waals surface area contributed by atoms with Gasteiger partial charge in [-0.3, -0.25) is 4.79 Å². The topological polar surface area (TPSA) is 17.1 Å². The molecular weight excluding hydrogens is 292 g/mol. The van der Waals surface area contributed by atoms with Crippen molar-refractivity contribution in [3.05, 3.63) is 69.8 Å². The van der Waals surface area contributed by atoms with Crippen LogP contribution in [-0.4, -0.2) is 5.78 Å². The van der Waals surface area contributed by atoms with Crippen molar-refractivity contribution in [2.45, 2.75) is 66.2 Å². The van der Waals surface area contributed by atoms with E-state index in [9.17, 15) is 4.79 Å². The summed E-state index contributed by atoms with van der Waals surface area (Å²) in [4.78, 5) is 12.1. The highest BCUT2D eigenvalue weighted by Crippen LogP contribution is 2.16. The molecule has 0 saturated heterocycles. The van der Waals surface area contributed by atoms with Gasteiger partial charge in [-0.2, -0.15) is 0 Å². The lowest BCUT2D eigenvalue weighted by atomic mass is 9.97. The molecule has 0 radical (unpaired) electrons. The van der Waals surface area contributed by atoms with E-state index in [1.165, 1.54) is 33.4 Å². The largest absolute Gasteiger partial charge is 0.300 e. The number of benzene rings is 2. The molecule has 0 atom stereocenters. The molecule has 2 rings (SSSR count). The molecule has 0 fully saturated rings. The second-order valence-electron chi connectivity index (χ2n) is 7.11. The highest BCUT2D eigenvalue weighted by Gasteiger charge is 2.05. The number of Topliss-reactive ketones (excluding diaryl/α,β-unsaturated/α-hetero) is 1. The lowest BCUT2D eigenvalue weighted by Crippen LogP contribution is -2.01. The van der Waals surface area contributed by atoms with Crippen LogP contribution in [0.3, 0.4) is 0 Å². The lowest BCUT2D eigenvalue weighted by molar-refractivity contribution is -0.119. The highest BCUT2D eigenvalue weighted by molar-refractivity contribution is 5.78. The zero-order valence-electron chi connectivity index (χ0n) is 15.6. The molecule has 0 N–H and O–H groups in total. The first-order valence-electron chi connectivity index (χ1n) is 9.09. The van der Waals surface area contributed by atoms with Crippen molar-refractivity contribution in [3.63, 3.8) is 0 Å². The summed E-state index contributed by atoms with van der Waals surface area (Å²) in [5.41, 5.74) is 8.06. The van der Waals surface area contributed by atoms with Crippen LogP contribution in [-0.2, 0) is 17.6 Å². The third-order valence-electron chi connectivity index (χ3n) is 4.80. The maximum Gasteiger partial charge on any atom is 0.132 e. The standard InChI is InChI=1S/C23H30O/c1-17-11-13-21(19(3)15-17)7-5-9-23(24)10-6-8-22-14-12-18(2)16-20(22)4/h11-16H,5-10H2,1-4H3. The zero-order valence-corrected chi connectivity index (χ0v) is 15.6. The summed E-state index contributed by atoms with van der Waals surface area (Å²) in [7, 11) is 0. The molecule has 0 aromatic heterocycles. The Labute approximate surface area is 147 Å². The maximum absolute atomic E-state index is 12.1. The van der Waals surface area contributed by atoms with E-state index in [0.29, 0.717) is 18.6 Å². The van der Waals surface area contributed by atoms with E-state index in [4.69, 9.17) is 0 Å². The average molecular weight is 322 g/mol. The van der Waals surface area contributed by atoms with Gasteiger partial charge >= 0.3 is 0 Å². The van der Waals surface area contributed by atoms with E-state index in [0.717, 1.165) is 25.7 Å². The summed E-state index contributed by atoms with van der Waals surface area (Å²) in [6.45, 7) is 8.56. The van der Waals surface area contributed by atoms with Crippen molar-refractivity contribution in [3.8, 4) is 0 Å². The predicted molar refractivity (Wildman–Crippen MR) is 103 cm³/mol. The third kappa shape index (κ3) is 5.63. The van der Waals surface area contributed by atoms with Crippen LogP contribution >= 0.6 is 0 Å². The van der Waals surface area contributed by atoms with Gasteiger partial charge < -0.3 is 0 Å². The Morgan fingerprint density at radius 2 is 1.12 bits per heavy atom. The minimum Gasteiger partial charge on any atom is -0.300 e. The normalized spacial score (nSPS) is 10.8. The van der Waals surface area contributed by atoms with E-state index in [1.54, 1.807) is 0 Å². The van der Waals surface area contributed by atoms with Crippen LogP contribution in [0.2, 0.25) is 0 Å². The Morgan fingerprint density at radius 3 is 1.50 bits per heavy atom. The van der Waals surface area contributed by atoms with Gasteiger partial charge in [0.15, 0.2) is 0 Å². The number of carbonyl (C=O) groups is 1. The van der Waals surface area contributed by atoms with Crippen LogP contribution in [0.25, 0.3) is 0 Å². The van der Waals surface area contributed by atoms with Crippen LogP contribution in [0.4, 0.5) is 0 Å². The summed E-state index contributed by atoms with van der Waals surface area (Å²) < 4.78 is 0. The third-order valence-corrected chi connectivity index (χ3v) is 4.80. The van der Waals surface area contributed by atoms with Crippen LogP contribution in [0.5, 0.6) is 0 Å². The maximum atomic E-state index is 12.1. The Kier molecular flexibility index (Phi) is 6.78. The van der Waals surface area contributed by atoms with Gasteiger partial charge in [0.2, 0.25) is 0 Å². The molecule has 2 aromatic rings. The molecule has 0 aliphatic heterocycles. The van der Waals surface area contributed by atoms with Gasteiger partial charge in [0.25, 0.3) is 0 Å². The predicted octanol–water partition coefficient (Wildman–Crippen LogP) is 5.83. The molecule has 0 spiro atoms. The monoisotopic (exact) mass is 322 g/mol. The number of rotatable bonds is 8. The first-order valence-corrected chi connectivity index (χ1v) is 9.09. The Hall–Kier alpha value is -1.89. The van der Waals surface area contributed by atoms with Crippen LogP contribution in [0.15, 0.2) is 36.4 Å². The first kappa shape index (κ1) is 18.4. The molecule has 0 aliphatic rings. The fourth-order valence-electron chi connectivity index (χ4n) is 3.33. The molecule has 1 heteroatoms. The zero-order chi connectivity index (χ0) is 17.5. The molecule has 2 aromatic carbocycles. The second kappa shape index (κ2) is 8.82. The molecule has 0 unspecified atom stereocenters. The fraction of sp³-hybridized carbons (Fsp3) is 0.435. The molecule has 0 saturated carbocycles. The van der Waals surface area contributed by atoms with Gasteiger partial charge in [-0.25, -0.2) is 0 Å². The van der Waals surface area contributed by atoms with Crippen molar-refractivity contribution in [2.75, 3.05) is 0 Å². The van der Waals surface area contributed by atoms with Gasteiger partial charge in [0, 0.05) is 12.8 Å². The van der Waals surface area contributed by atoms with Crippen molar-refractivity contribution in [2.24, 2.45) is 0 Å². The summed E-state index contributed by atoms with van der Waals surface area (Å²) in [6, 6.07) is 13.2. The van der Waals surface area contributed by atoms with E-state index >= 15 is 0 Å². The Bertz CT molecular complexity index is 638. The van der Waals surface area contributed by atoms with Crippen molar-refractivity contribution in [1.82, 2.24) is 0 Å². The molecular formula is C23H30O. The Balaban J connectivity index is 1.70. The number of hydrogen-bond donors (Lipinski definition) is 0. The molecule has 0 bridgehead atoms. The first-order chi connectivity index (χ1) is 11.5. The van der Waals surface area contributed by atoms with E-state index in [-0.39, 0.29) is 0 Å². The Morgan fingerprint density at radius 1 is 0.708 bits per heavy atom. The fourth-order valence-corrected chi connectivity index (χ4v) is 3.33. The van der Waals surface area contributed by atoms with Crippen molar-refractivity contribution < 1.29 is 4.79 Å². The van der Waals surface area contributed by atoms with Crippen molar-refractivity contribution in [1.29, 1.82) is 0 Å². The minimum atomic E-state index is 0.407. The molecule has 24 heavy (non-hydrogen) atoms. The van der Waals surface area contributed by atoms with Gasteiger partial charge in [0.1, 0.15) is 5.78 Å². The molecule has 0 amide bonds. The second-order valence-corrected chi connectivity index (χ2v) is 7.11. The summed E-state index contributed by atoms with van der Waals surface area (Å²) >= 11 is 0. The van der Waals surface area contributed by atoms with Gasteiger partial charge in [0.05, 0.1) is 0 Å². The summed E-state index contributed by atoms with van der Waals surface area (Å²) in [5, 5.41) is 0. The van der Waals surface area contributed by atoms with E-state index in [1.807, 2.05) is 0 Å². The van der Waals surface area contributed by atoms with Gasteiger partial charge in [-0.05, 0) is 75.6 Å². The summed E-state index contributed by atoms with van der Waals surface area (Å²) in [5.74, 6) is 0.407. The van der Waals surface area contributed by atoms with Gasteiger partial charge in [-0.15, -0.1) is 0 Å². The molecule has 1 nitrogen and oxygen atoms in total. The van der Waals surface area contributed by atoms with E-state index in [2.05, 4.69) is 64.1 Å². The van der Waals surface area contributed by atoms with Crippen LogP contribution in [0, 0.1) is 27.7 Å². The van der Waals surface area contributed by atoms with Crippen molar-refractivity contribution >= 4 is 5.78 Å². The number of carbonyl (C=O) groups excluding carboxylic acids is 1. The number of aryl methyl sites for hydroxylation is 6. The minimum absolute atomic E-state index is 0.407. The van der Waals surface area contributed by atoms with Crippen LogP contribution in [0.1, 0.15) is 59.1 Å². The number of hydrogen-bond acceptors (Lipinski definition) is 1. The molecule has 0 heterocycles. The number of ketones is 1. The SMILES string of the molecule is Cc1ccc(CCCC(=O)CCCc2ccc(C)cc2C)c(C)c1. The molecule has 128 valence electrons. The van der Waals surface area contributed by atoms with Crippen LogP contribution < -0.4 is 0 Å². The van der Waals surface area contributed by atoms with E-state index < -0.39 is 0 Å². The quantitative estimate of drug-likeness (QED) is 0.597. The lowest BCUT2D eigenvalue weighted by Gasteiger charge is -2.08. The molecule has 0 aliphatic carbocycles. The average Bonchev–Trinajstić information content (AvgIpc) is 2.51. The van der Waals surface area contributed by atoms with Gasteiger partial charge in [-0.1, -0.05) is 47.5 Å².